The average molecular weight is 476 g/mol. The van der Waals surface area contributed by atoms with Gasteiger partial charge in [-0.15, -0.1) is 11.3 Å². The van der Waals surface area contributed by atoms with Gasteiger partial charge in [0.05, 0.1) is 21.7 Å². The Balaban J connectivity index is 1.54. The summed E-state index contributed by atoms with van der Waals surface area (Å²) in [5.41, 5.74) is 8.80. The molecule has 172 valence electrons. The number of carbonyl (C=O) groups excluding carboxylic acids is 1. The van der Waals surface area contributed by atoms with E-state index in [1.807, 2.05) is 78.2 Å². The van der Waals surface area contributed by atoms with Gasteiger partial charge in [-0.2, -0.15) is 5.10 Å². The molecule has 0 saturated heterocycles. The lowest BCUT2D eigenvalue weighted by molar-refractivity contribution is 0.0956. The van der Waals surface area contributed by atoms with E-state index in [-0.39, 0.29) is 5.91 Å². The van der Waals surface area contributed by atoms with Gasteiger partial charge in [-0.1, -0.05) is 92.7 Å². The van der Waals surface area contributed by atoms with Crippen LogP contribution in [0.5, 0.6) is 0 Å². The summed E-state index contributed by atoms with van der Waals surface area (Å²) in [6.45, 7) is 4.35. The van der Waals surface area contributed by atoms with E-state index >= 15 is 0 Å². The van der Waals surface area contributed by atoms with Crippen LogP contribution in [0, 0.1) is 0 Å². The second kappa shape index (κ2) is 10.0. The largest absolute Gasteiger partial charge is 0.272 e. The molecule has 0 saturated carbocycles. The van der Waals surface area contributed by atoms with Crippen LogP contribution < -0.4 is 5.43 Å². The van der Waals surface area contributed by atoms with E-state index in [4.69, 9.17) is 4.98 Å². The standard InChI is InChI=1S/C30H25N3OS/c1-20(2)21-14-16-22(17-15-21)27-19-25(24-11-6-7-12-26(24)31-27)30(34)33-32-29(28-13-8-18-35-28)23-9-4-3-5-10-23/h3-20H,1-2H3,(H,33,34)/b32-29+. The number of thiophene rings is 1. The lowest BCUT2D eigenvalue weighted by atomic mass is 9.99. The predicted molar refractivity (Wildman–Crippen MR) is 145 cm³/mol. The van der Waals surface area contributed by atoms with Crippen LogP contribution in [0.2, 0.25) is 0 Å². The zero-order valence-corrected chi connectivity index (χ0v) is 20.4. The molecule has 1 N–H and O–H groups in total. The van der Waals surface area contributed by atoms with Crippen molar-refractivity contribution in [2.75, 3.05) is 0 Å². The number of carbonyl (C=O) groups is 1. The van der Waals surface area contributed by atoms with Crippen LogP contribution in [0.4, 0.5) is 0 Å². The first-order valence-corrected chi connectivity index (χ1v) is 12.5. The molecule has 0 aliphatic carbocycles. The van der Waals surface area contributed by atoms with Crippen molar-refractivity contribution in [3.05, 3.63) is 124 Å². The van der Waals surface area contributed by atoms with Gasteiger partial charge in [0.1, 0.15) is 5.71 Å². The molecule has 0 aliphatic rings. The summed E-state index contributed by atoms with van der Waals surface area (Å²) in [6.07, 6.45) is 0. The number of benzene rings is 3. The molecule has 4 nitrogen and oxygen atoms in total. The van der Waals surface area contributed by atoms with Gasteiger partial charge in [-0.25, -0.2) is 10.4 Å². The molecule has 5 rings (SSSR count). The topological polar surface area (TPSA) is 54.4 Å². The van der Waals surface area contributed by atoms with E-state index in [1.54, 1.807) is 11.3 Å². The number of nitrogens with one attached hydrogen (secondary N) is 1. The molecular formula is C30H25N3OS. The molecule has 0 unspecified atom stereocenters. The van der Waals surface area contributed by atoms with Crippen LogP contribution in [0.15, 0.2) is 108 Å². The van der Waals surface area contributed by atoms with Crippen molar-refractivity contribution in [2.24, 2.45) is 5.10 Å². The van der Waals surface area contributed by atoms with Crippen LogP contribution >= 0.6 is 11.3 Å². The molecule has 0 radical (unpaired) electrons. The van der Waals surface area contributed by atoms with Gasteiger partial charge in [-0.05, 0) is 35.1 Å². The number of rotatable bonds is 6. The smallest absolute Gasteiger partial charge is 0.267 e. The molecule has 0 aliphatic heterocycles. The SMILES string of the molecule is CC(C)c1ccc(-c2cc(C(=O)N/N=C(\c3ccccc3)c3cccs3)c3ccccc3n2)cc1. The van der Waals surface area contributed by atoms with Crippen LogP contribution in [0.25, 0.3) is 22.2 Å². The minimum absolute atomic E-state index is 0.270. The summed E-state index contributed by atoms with van der Waals surface area (Å²) in [5, 5.41) is 7.35. The highest BCUT2D eigenvalue weighted by molar-refractivity contribution is 7.12. The fourth-order valence-corrected chi connectivity index (χ4v) is 4.72. The van der Waals surface area contributed by atoms with Gasteiger partial charge in [0.15, 0.2) is 0 Å². The van der Waals surface area contributed by atoms with Crippen LogP contribution in [0.3, 0.4) is 0 Å². The van der Waals surface area contributed by atoms with E-state index in [9.17, 15) is 4.79 Å². The number of para-hydroxylation sites is 1. The van der Waals surface area contributed by atoms with Crippen LogP contribution in [-0.4, -0.2) is 16.6 Å². The van der Waals surface area contributed by atoms with Gasteiger partial charge in [0, 0.05) is 16.5 Å². The Labute approximate surface area is 209 Å². The molecule has 5 aromatic rings. The molecule has 2 aromatic heterocycles. The Morgan fingerprint density at radius 2 is 1.63 bits per heavy atom. The Kier molecular flexibility index (Phi) is 6.51. The second-order valence-corrected chi connectivity index (χ2v) is 9.54. The number of nitrogens with zero attached hydrogens (tertiary/aromatic N) is 2. The molecule has 0 fully saturated rings. The van der Waals surface area contributed by atoms with Crippen molar-refractivity contribution in [3.63, 3.8) is 0 Å². The summed E-state index contributed by atoms with van der Waals surface area (Å²) < 4.78 is 0. The number of amides is 1. The minimum atomic E-state index is -0.270. The minimum Gasteiger partial charge on any atom is -0.267 e. The van der Waals surface area contributed by atoms with E-state index in [1.165, 1.54) is 5.56 Å². The third kappa shape index (κ3) is 4.91. The number of pyridine rings is 1. The molecule has 35 heavy (non-hydrogen) atoms. The van der Waals surface area contributed by atoms with Crippen molar-refractivity contribution < 1.29 is 4.79 Å². The van der Waals surface area contributed by atoms with Crippen molar-refractivity contribution in [2.45, 2.75) is 19.8 Å². The van der Waals surface area contributed by atoms with Gasteiger partial charge >= 0.3 is 0 Å². The van der Waals surface area contributed by atoms with E-state index in [2.05, 4.69) is 48.6 Å². The van der Waals surface area contributed by atoms with Crippen LogP contribution in [0.1, 0.15) is 46.1 Å². The van der Waals surface area contributed by atoms with Crippen molar-refractivity contribution >= 4 is 33.9 Å². The summed E-state index contributed by atoms with van der Waals surface area (Å²) in [7, 11) is 0. The highest BCUT2D eigenvalue weighted by Crippen LogP contribution is 2.26. The summed E-state index contributed by atoms with van der Waals surface area (Å²) in [4.78, 5) is 19.3. The fraction of sp³-hybridized carbons (Fsp3) is 0.100. The fourth-order valence-electron chi connectivity index (χ4n) is 3.99. The number of hydrazone groups is 1. The third-order valence-corrected chi connectivity index (χ3v) is 6.78. The second-order valence-electron chi connectivity index (χ2n) is 8.59. The van der Waals surface area contributed by atoms with Crippen LogP contribution in [-0.2, 0) is 0 Å². The molecule has 0 spiro atoms. The molecular weight excluding hydrogens is 450 g/mol. The number of aromatic nitrogens is 1. The molecule has 3 aromatic carbocycles. The van der Waals surface area contributed by atoms with Gasteiger partial charge in [-0.3, -0.25) is 4.79 Å². The quantitative estimate of drug-likeness (QED) is 0.207. The predicted octanol–water partition coefficient (Wildman–Crippen LogP) is 7.27. The van der Waals surface area contributed by atoms with Gasteiger partial charge < -0.3 is 0 Å². The average Bonchev–Trinajstić information content (AvgIpc) is 3.43. The Morgan fingerprint density at radius 1 is 0.886 bits per heavy atom. The van der Waals surface area contributed by atoms with E-state index < -0.39 is 0 Å². The van der Waals surface area contributed by atoms with Crippen molar-refractivity contribution in [3.8, 4) is 11.3 Å². The lowest BCUT2D eigenvalue weighted by Crippen LogP contribution is -2.21. The normalized spacial score (nSPS) is 11.7. The number of hydrogen-bond donors (Lipinski definition) is 1. The maximum absolute atomic E-state index is 13.4. The Bertz CT molecular complexity index is 1490. The maximum atomic E-state index is 13.4. The summed E-state index contributed by atoms with van der Waals surface area (Å²) >= 11 is 1.59. The monoisotopic (exact) mass is 475 g/mol. The highest BCUT2D eigenvalue weighted by Gasteiger charge is 2.15. The van der Waals surface area contributed by atoms with Gasteiger partial charge in [0.25, 0.3) is 5.91 Å². The van der Waals surface area contributed by atoms with Gasteiger partial charge in [0.2, 0.25) is 0 Å². The third-order valence-electron chi connectivity index (χ3n) is 5.90. The Hall–Kier alpha value is -4.09. The zero-order valence-electron chi connectivity index (χ0n) is 19.6. The molecule has 2 heterocycles. The lowest BCUT2D eigenvalue weighted by Gasteiger charge is -2.11. The van der Waals surface area contributed by atoms with Crippen molar-refractivity contribution in [1.82, 2.24) is 10.4 Å². The summed E-state index contributed by atoms with van der Waals surface area (Å²) in [6, 6.07) is 31.8. The summed E-state index contributed by atoms with van der Waals surface area (Å²) in [5.74, 6) is 0.184. The first kappa shape index (κ1) is 22.7. The first-order valence-electron chi connectivity index (χ1n) is 11.6. The van der Waals surface area contributed by atoms with E-state index in [0.717, 1.165) is 38.3 Å². The zero-order chi connectivity index (χ0) is 24.2. The van der Waals surface area contributed by atoms with E-state index in [0.29, 0.717) is 11.5 Å². The number of fused-ring (bicyclic) bond motifs is 1. The first-order chi connectivity index (χ1) is 17.1. The Morgan fingerprint density at radius 3 is 2.34 bits per heavy atom. The number of hydrogen-bond acceptors (Lipinski definition) is 4. The molecule has 1 amide bonds. The maximum Gasteiger partial charge on any atom is 0.272 e. The highest BCUT2D eigenvalue weighted by atomic mass is 32.1. The molecule has 0 atom stereocenters. The molecule has 0 bridgehead atoms. The van der Waals surface area contributed by atoms with Crippen molar-refractivity contribution in [1.29, 1.82) is 0 Å². The molecule has 5 heteroatoms.